The van der Waals surface area contributed by atoms with Crippen LogP contribution in [0.15, 0.2) is 52.3 Å². The topological polar surface area (TPSA) is 97.4 Å². The number of nitrogens with one attached hydrogen (secondary N) is 1. The zero-order chi connectivity index (χ0) is 30.5. The Morgan fingerprint density at radius 2 is 1.38 bits per heavy atom. The monoisotopic (exact) mass is 621 g/mol. The van der Waals surface area contributed by atoms with E-state index in [1.54, 1.807) is 0 Å². The number of halogens is 8. The van der Waals surface area contributed by atoms with Crippen molar-refractivity contribution in [2.75, 3.05) is 0 Å². The fourth-order valence-electron chi connectivity index (χ4n) is 4.17. The van der Waals surface area contributed by atoms with Crippen LogP contribution in [0.4, 0.5) is 35.1 Å². The normalized spacial score (nSPS) is 21.2. The number of carbonyl (C=O) groups excluding carboxylic acids is 1. The first-order chi connectivity index (χ1) is 18.0. The Morgan fingerprint density at radius 1 is 0.850 bits per heavy atom. The highest BCUT2D eigenvalue weighted by molar-refractivity contribution is 7.93. The molecule has 0 atom stereocenters. The standard InChI is InChI=1S/C24H23F8NO5S2/c1-21(2,39(35,36)18-5-3-4-14(11-18)23(27,28)29)20(34)33-17-6-8-22(26,9-7-17)40(37,38)19-12-15(24(30,31)32)10-16(25)13-19/h3-5,10-13,17H,6-9H2,1-2H3,(H,33,34)/t17-,22-. The zero-order valence-corrected chi connectivity index (χ0v) is 22.5. The van der Waals surface area contributed by atoms with Gasteiger partial charge in [0.25, 0.3) is 0 Å². The van der Waals surface area contributed by atoms with E-state index in [1.165, 1.54) is 0 Å². The van der Waals surface area contributed by atoms with E-state index in [-0.39, 0.29) is 31.0 Å². The molecule has 6 nitrogen and oxygen atoms in total. The van der Waals surface area contributed by atoms with Gasteiger partial charge in [-0.15, -0.1) is 0 Å². The van der Waals surface area contributed by atoms with E-state index in [2.05, 4.69) is 5.32 Å². The van der Waals surface area contributed by atoms with Gasteiger partial charge in [0.2, 0.25) is 20.7 Å². The molecule has 3 rings (SSSR count). The summed E-state index contributed by atoms with van der Waals surface area (Å²) in [6.07, 6.45) is -12.4. The zero-order valence-electron chi connectivity index (χ0n) is 20.8. The second-order valence-corrected chi connectivity index (χ2v) is 14.6. The Morgan fingerprint density at radius 3 is 1.90 bits per heavy atom. The Bertz CT molecular complexity index is 1510. The Hall–Kier alpha value is -2.75. The van der Waals surface area contributed by atoms with Crippen LogP contribution in [0.2, 0.25) is 0 Å². The van der Waals surface area contributed by atoms with Gasteiger partial charge in [-0.05, 0) is 75.9 Å². The van der Waals surface area contributed by atoms with Crippen LogP contribution in [0.25, 0.3) is 0 Å². The van der Waals surface area contributed by atoms with Crippen LogP contribution in [0.3, 0.4) is 0 Å². The fraction of sp³-hybridized carbons (Fsp3) is 0.458. The second-order valence-electron chi connectivity index (χ2n) is 9.85. The lowest BCUT2D eigenvalue weighted by molar-refractivity contribution is -0.138. The highest BCUT2D eigenvalue weighted by Crippen LogP contribution is 2.42. The molecule has 0 radical (unpaired) electrons. The van der Waals surface area contributed by atoms with Crippen molar-refractivity contribution in [1.82, 2.24) is 5.32 Å². The molecule has 0 saturated heterocycles. The summed E-state index contributed by atoms with van der Waals surface area (Å²) >= 11 is 0. The quantitative estimate of drug-likeness (QED) is 0.423. The average molecular weight is 622 g/mol. The minimum absolute atomic E-state index is 0.0610. The molecule has 0 spiro atoms. The second kappa shape index (κ2) is 10.3. The summed E-state index contributed by atoms with van der Waals surface area (Å²) in [4.78, 5) is 10.9. The maximum Gasteiger partial charge on any atom is 0.416 e. The van der Waals surface area contributed by atoms with Crippen molar-refractivity contribution in [2.24, 2.45) is 0 Å². The Kier molecular flexibility index (Phi) is 8.15. The van der Waals surface area contributed by atoms with Gasteiger partial charge in [0.05, 0.1) is 20.9 Å². The van der Waals surface area contributed by atoms with Crippen molar-refractivity contribution in [3.63, 3.8) is 0 Å². The van der Waals surface area contributed by atoms with Crippen LogP contribution in [0, 0.1) is 5.82 Å². The van der Waals surface area contributed by atoms with Crippen molar-refractivity contribution < 1.29 is 56.8 Å². The molecule has 0 aliphatic heterocycles. The number of alkyl halides is 7. The van der Waals surface area contributed by atoms with Crippen LogP contribution < -0.4 is 5.32 Å². The number of rotatable bonds is 6. The fourth-order valence-corrected chi connectivity index (χ4v) is 7.35. The number of amides is 1. The van der Waals surface area contributed by atoms with Crippen LogP contribution >= 0.6 is 0 Å². The van der Waals surface area contributed by atoms with Crippen molar-refractivity contribution >= 4 is 25.6 Å². The SMILES string of the molecule is CC(C)(C(=O)N[C@H]1CC[C@](F)(S(=O)(=O)c2cc(F)cc(C(F)(F)F)c2)CC1)S(=O)(=O)c1cccc(C(F)(F)F)c1. The molecule has 0 aromatic heterocycles. The van der Waals surface area contributed by atoms with Gasteiger partial charge < -0.3 is 5.32 Å². The first-order valence-electron chi connectivity index (χ1n) is 11.6. The van der Waals surface area contributed by atoms with Crippen LogP contribution in [0.5, 0.6) is 0 Å². The third-order valence-corrected chi connectivity index (χ3v) is 11.4. The molecule has 2 aromatic rings. The van der Waals surface area contributed by atoms with Gasteiger partial charge in [-0.1, -0.05) is 6.07 Å². The molecular formula is C24H23F8NO5S2. The number of hydrogen-bond donors (Lipinski definition) is 1. The molecule has 1 N–H and O–H groups in total. The molecule has 2 aromatic carbocycles. The molecule has 16 heteroatoms. The molecule has 1 aliphatic carbocycles. The summed E-state index contributed by atoms with van der Waals surface area (Å²) in [5, 5.41) is -0.770. The lowest BCUT2D eigenvalue weighted by Crippen LogP contribution is -2.53. The molecule has 0 heterocycles. The summed E-state index contributed by atoms with van der Waals surface area (Å²) in [7, 11) is -9.81. The van der Waals surface area contributed by atoms with Crippen LogP contribution in [-0.4, -0.2) is 38.5 Å². The molecular weight excluding hydrogens is 598 g/mol. The van der Waals surface area contributed by atoms with E-state index in [9.17, 15) is 52.4 Å². The highest BCUT2D eigenvalue weighted by atomic mass is 32.2. The molecule has 1 aliphatic rings. The van der Waals surface area contributed by atoms with Crippen molar-refractivity contribution in [2.45, 2.75) is 77.5 Å². The van der Waals surface area contributed by atoms with Gasteiger partial charge in [0.15, 0.2) is 9.84 Å². The molecule has 40 heavy (non-hydrogen) atoms. The molecule has 0 bridgehead atoms. The molecule has 0 unspecified atom stereocenters. The van der Waals surface area contributed by atoms with E-state index in [0.717, 1.165) is 26.0 Å². The van der Waals surface area contributed by atoms with Crippen molar-refractivity contribution in [3.8, 4) is 0 Å². The van der Waals surface area contributed by atoms with Gasteiger partial charge in [-0.2, -0.15) is 26.3 Å². The Balaban J connectivity index is 1.77. The number of hydrogen-bond acceptors (Lipinski definition) is 5. The minimum Gasteiger partial charge on any atom is -0.352 e. The van der Waals surface area contributed by atoms with Gasteiger partial charge in [-0.3, -0.25) is 4.79 Å². The largest absolute Gasteiger partial charge is 0.416 e. The Labute approximate surface area is 224 Å². The number of carbonyl (C=O) groups is 1. The minimum atomic E-state index is -5.13. The first-order valence-corrected chi connectivity index (χ1v) is 14.5. The van der Waals surface area contributed by atoms with Crippen LogP contribution in [0.1, 0.15) is 50.7 Å². The smallest absolute Gasteiger partial charge is 0.352 e. The van der Waals surface area contributed by atoms with Crippen LogP contribution in [-0.2, 0) is 36.8 Å². The maximum atomic E-state index is 15.6. The van der Waals surface area contributed by atoms with E-state index in [1.807, 2.05) is 0 Å². The summed E-state index contributed by atoms with van der Waals surface area (Å²) in [5.41, 5.74) is -2.88. The van der Waals surface area contributed by atoms with E-state index < -0.39 is 93.3 Å². The highest BCUT2D eigenvalue weighted by Gasteiger charge is 2.50. The summed E-state index contributed by atoms with van der Waals surface area (Å²) in [6, 6.07) is 2.26. The van der Waals surface area contributed by atoms with E-state index >= 15 is 4.39 Å². The molecule has 222 valence electrons. The lowest BCUT2D eigenvalue weighted by atomic mass is 9.93. The first kappa shape index (κ1) is 31.8. The summed E-state index contributed by atoms with van der Waals surface area (Å²) < 4.78 is 157. The third kappa shape index (κ3) is 5.97. The van der Waals surface area contributed by atoms with Gasteiger partial charge in [0, 0.05) is 6.04 Å². The third-order valence-electron chi connectivity index (χ3n) is 6.75. The lowest BCUT2D eigenvalue weighted by Gasteiger charge is -2.35. The summed E-state index contributed by atoms with van der Waals surface area (Å²) in [5.74, 6) is -2.69. The van der Waals surface area contributed by atoms with Gasteiger partial charge in [0.1, 0.15) is 10.6 Å². The maximum absolute atomic E-state index is 15.6. The molecule has 1 fully saturated rings. The van der Waals surface area contributed by atoms with E-state index in [0.29, 0.717) is 12.1 Å². The summed E-state index contributed by atoms with van der Waals surface area (Å²) in [6.45, 7) is 1.90. The van der Waals surface area contributed by atoms with Gasteiger partial charge in [-0.25, -0.2) is 25.6 Å². The predicted octanol–water partition coefficient (Wildman–Crippen LogP) is 5.61. The molecule has 1 saturated carbocycles. The average Bonchev–Trinajstić information content (AvgIpc) is 2.83. The number of benzene rings is 2. The van der Waals surface area contributed by atoms with Crippen molar-refractivity contribution in [3.05, 3.63) is 59.4 Å². The van der Waals surface area contributed by atoms with E-state index in [4.69, 9.17) is 0 Å². The number of sulfone groups is 2. The molecule has 1 amide bonds. The van der Waals surface area contributed by atoms with Gasteiger partial charge >= 0.3 is 12.4 Å². The predicted molar refractivity (Wildman–Crippen MR) is 126 cm³/mol. The van der Waals surface area contributed by atoms with Crippen molar-refractivity contribution in [1.29, 1.82) is 0 Å².